The van der Waals surface area contributed by atoms with Crippen LogP contribution in [0.4, 0.5) is 0 Å². The first kappa shape index (κ1) is 14.6. The van der Waals surface area contributed by atoms with E-state index in [0.717, 1.165) is 0 Å². The Kier molecular flexibility index (Phi) is 4.06. The van der Waals surface area contributed by atoms with Gasteiger partial charge in [0, 0.05) is 13.1 Å². The highest BCUT2D eigenvalue weighted by atomic mass is 35.5. The molecule has 8 heteroatoms. The minimum absolute atomic E-state index is 0.0394. The number of carbonyl (C=O) groups is 1. The van der Waals surface area contributed by atoms with Crippen molar-refractivity contribution in [1.82, 2.24) is 4.31 Å². The fourth-order valence-corrected chi connectivity index (χ4v) is 4.64. The highest BCUT2D eigenvalue weighted by Crippen LogP contribution is 2.34. The fourth-order valence-electron chi connectivity index (χ4n) is 1.95. The molecule has 1 heterocycles. The van der Waals surface area contributed by atoms with Gasteiger partial charge in [0.05, 0.1) is 16.5 Å². The Hall–Kier alpha value is -0.820. The number of rotatable bonds is 4. The van der Waals surface area contributed by atoms with Gasteiger partial charge in [-0.15, -0.1) is 0 Å². The molecule has 0 radical (unpaired) electrons. The first-order valence-electron chi connectivity index (χ1n) is 5.48. The fraction of sp³-hybridized carbons (Fsp3) is 0.364. The summed E-state index contributed by atoms with van der Waals surface area (Å²) in [6, 6.07) is 4.47. The van der Waals surface area contributed by atoms with Gasteiger partial charge in [0.25, 0.3) is 0 Å². The van der Waals surface area contributed by atoms with Crippen LogP contribution in [0.2, 0.25) is 10.0 Å². The quantitative estimate of drug-likeness (QED) is 0.920. The van der Waals surface area contributed by atoms with E-state index in [-0.39, 0.29) is 40.4 Å². The maximum Gasteiger partial charge on any atom is 0.303 e. The molecule has 0 unspecified atom stereocenters. The highest BCUT2D eigenvalue weighted by Gasteiger charge is 2.39. The molecule has 0 spiro atoms. The Balaban J connectivity index is 2.19. The highest BCUT2D eigenvalue weighted by molar-refractivity contribution is 7.89. The van der Waals surface area contributed by atoms with Gasteiger partial charge >= 0.3 is 5.97 Å². The van der Waals surface area contributed by atoms with Gasteiger partial charge in [-0.25, -0.2) is 8.42 Å². The SMILES string of the molecule is O=C(O)CC1CN(S(=O)(=O)c2c(Cl)cccc2Cl)C1. The molecule has 1 saturated heterocycles. The van der Waals surface area contributed by atoms with E-state index in [9.17, 15) is 13.2 Å². The molecule has 5 nitrogen and oxygen atoms in total. The zero-order valence-electron chi connectivity index (χ0n) is 9.71. The van der Waals surface area contributed by atoms with E-state index in [0.29, 0.717) is 0 Å². The maximum atomic E-state index is 12.3. The van der Waals surface area contributed by atoms with E-state index in [4.69, 9.17) is 28.3 Å². The third kappa shape index (κ3) is 2.86. The summed E-state index contributed by atoms with van der Waals surface area (Å²) in [5.74, 6) is -1.09. The molecular formula is C11H11Cl2NO4S. The first-order chi connectivity index (χ1) is 8.82. The normalized spacial score (nSPS) is 17.2. The Morgan fingerprint density at radius 3 is 2.32 bits per heavy atom. The third-order valence-electron chi connectivity index (χ3n) is 2.90. The largest absolute Gasteiger partial charge is 0.481 e. The van der Waals surface area contributed by atoms with E-state index in [1.54, 1.807) is 6.07 Å². The summed E-state index contributed by atoms with van der Waals surface area (Å²) in [7, 11) is -3.76. The molecule has 1 aromatic rings. The lowest BCUT2D eigenvalue weighted by Gasteiger charge is -2.37. The molecule has 1 aromatic carbocycles. The minimum atomic E-state index is -3.76. The second-order valence-electron chi connectivity index (χ2n) is 4.34. The summed E-state index contributed by atoms with van der Waals surface area (Å²) >= 11 is 11.8. The number of carboxylic acid groups (broad SMARTS) is 1. The second kappa shape index (κ2) is 5.28. The predicted molar refractivity (Wildman–Crippen MR) is 71.0 cm³/mol. The minimum Gasteiger partial charge on any atom is -0.481 e. The molecule has 2 rings (SSSR count). The number of hydrogen-bond acceptors (Lipinski definition) is 3. The van der Waals surface area contributed by atoms with Crippen molar-refractivity contribution in [2.24, 2.45) is 5.92 Å². The first-order valence-corrected chi connectivity index (χ1v) is 7.68. The monoisotopic (exact) mass is 323 g/mol. The van der Waals surface area contributed by atoms with E-state index in [2.05, 4.69) is 0 Å². The van der Waals surface area contributed by atoms with Crippen LogP contribution in [0.3, 0.4) is 0 Å². The van der Waals surface area contributed by atoms with Gasteiger partial charge in [-0.2, -0.15) is 4.31 Å². The van der Waals surface area contributed by atoms with Crippen molar-refractivity contribution >= 4 is 39.2 Å². The van der Waals surface area contributed by atoms with E-state index < -0.39 is 16.0 Å². The van der Waals surface area contributed by atoms with E-state index >= 15 is 0 Å². The lowest BCUT2D eigenvalue weighted by molar-refractivity contribution is -0.139. The van der Waals surface area contributed by atoms with Crippen molar-refractivity contribution in [2.45, 2.75) is 11.3 Å². The zero-order valence-corrected chi connectivity index (χ0v) is 12.0. The van der Waals surface area contributed by atoms with Crippen LogP contribution < -0.4 is 0 Å². The van der Waals surface area contributed by atoms with Crippen LogP contribution in [-0.4, -0.2) is 36.9 Å². The zero-order chi connectivity index (χ0) is 14.2. The van der Waals surface area contributed by atoms with Crippen molar-refractivity contribution in [1.29, 1.82) is 0 Å². The molecule has 0 atom stereocenters. The van der Waals surface area contributed by atoms with Crippen molar-refractivity contribution in [3.63, 3.8) is 0 Å². The van der Waals surface area contributed by atoms with Gasteiger partial charge in [-0.3, -0.25) is 4.79 Å². The topological polar surface area (TPSA) is 74.7 Å². The molecule has 1 fully saturated rings. The standard InChI is InChI=1S/C11H11Cl2NO4S/c12-8-2-1-3-9(13)11(8)19(17,18)14-5-7(6-14)4-10(15)16/h1-3,7H,4-6H2,(H,15,16). The number of halogens is 2. The lowest BCUT2D eigenvalue weighted by atomic mass is 10.00. The van der Waals surface area contributed by atoms with E-state index in [1.807, 2.05) is 0 Å². The molecule has 0 aromatic heterocycles. The Morgan fingerprint density at radius 2 is 1.84 bits per heavy atom. The molecule has 1 N–H and O–H groups in total. The Bertz CT molecular complexity index is 591. The molecule has 0 aliphatic carbocycles. The number of nitrogens with zero attached hydrogens (tertiary/aromatic N) is 1. The van der Waals surface area contributed by atoms with Crippen molar-refractivity contribution < 1.29 is 18.3 Å². The van der Waals surface area contributed by atoms with Crippen LogP contribution in [0.1, 0.15) is 6.42 Å². The van der Waals surface area contributed by atoms with Gasteiger partial charge in [-0.05, 0) is 18.1 Å². The summed E-state index contributed by atoms with van der Waals surface area (Å²) in [4.78, 5) is 10.4. The van der Waals surface area contributed by atoms with Gasteiger partial charge in [0.2, 0.25) is 10.0 Å². The molecule has 0 saturated carbocycles. The average Bonchev–Trinajstić information content (AvgIpc) is 2.21. The number of hydrogen-bond donors (Lipinski definition) is 1. The van der Waals surface area contributed by atoms with Crippen molar-refractivity contribution in [3.05, 3.63) is 28.2 Å². The smallest absolute Gasteiger partial charge is 0.303 e. The summed E-state index contributed by atoms with van der Waals surface area (Å²) < 4.78 is 25.8. The van der Waals surface area contributed by atoms with Crippen molar-refractivity contribution in [2.75, 3.05) is 13.1 Å². The van der Waals surface area contributed by atoms with Gasteiger partial charge in [0.1, 0.15) is 4.90 Å². The summed E-state index contributed by atoms with van der Waals surface area (Å²) in [6.45, 7) is 0.354. The maximum absolute atomic E-state index is 12.3. The van der Waals surface area contributed by atoms with Crippen molar-refractivity contribution in [3.8, 4) is 0 Å². The molecule has 1 aliphatic heterocycles. The molecule has 1 aliphatic rings. The Morgan fingerprint density at radius 1 is 1.32 bits per heavy atom. The summed E-state index contributed by atoms with van der Waals surface area (Å²) in [5, 5.41) is 8.76. The lowest BCUT2D eigenvalue weighted by Crippen LogP contribution is -2.50. The summed E-state index contributed by atoms with van der Waals surface area (Å²) in [5.41, 5.74) is 0. The van der Waals surface area contributed by atoms with Crippen LogP contribution in [0, 0.1) is 5.92 Å². The molecule has 0 bridgehead atoms. The van der Waals surface area contributed by atoms with Gasteiger partial charge < -0.3 is 5.11 Å². The number of benzene rings is 1. The van der Waals surface area contributed by atoms with Crippen LogP contribution in [-0.2, 0) is 14.8 Å². The number of sulfonamides is 1. The van der Waals surface area contributed by atoms with Gasteiger partial charge in [0.15, 0.2) is 0 Å². The molecule has 19 heavy (non-hydrogen) atoms. The van der Waals surface area contributed by atoms with Crippen LogP contribution >= 0.6 is 23.2 Å². The van der Waals surface area contributed by atoms with Crippen LogP contribution in [0.5, 0.6) is 0 Å². The molecular weight excluding hydrogens is 313 g/mol. The average molecular weight is 324 g/mol. The summed E-state index contributed by atoms with van der Waals surface area (Å²) in [6.07, 6.45) is -0.0394. The molecule has 0 amide bonds. The van der Waals surface area contributed by atoms with Gasteiger partial charge in [-0.1, -0.05) is 29.3 Å². The van der Waals surface area contributed by atoms with Crippen LogP contribution in [0.25, 0.3) is 0 Å². The Labute approximate surface area is 120 Å². The second-order valence-corrected chi connectivity index (χ2v) is 7.03. The van der Waals surface area contributed by atoms with Crippen LogP contribution in [0.15, 0.2) is 23.1 Å². The predicted octanol–water partition coefficient (Wildman–Crippen LogP) is 2.09. The third-order valence-corrected chi connectivity index (χ3v) is 5.69. The number of aliphatic carboxylic acids is 1. The molecule has 104 valence electrons. The van der Waals surface area contributed by atoms with E-state index in [1.165, 1.54) is 16.4 Å². The number of carboxylic acids is 1.